The molecule has 1 N–H and O–H groups in total. The lowest BCUT2D eigenvalue weighted by molar-refractivity contribution is -0.116. The molecule has 1 aliphatic rings. The second kappa shape index (κ2) is 11.0. The van der Waals surface area contributed by atoms with Gasteiger partial charge in [-0.05, 0) is 43.4 Å². The number of carbonyl (C=O) groups is 1. The van der Waals surface area contributed by atoms with E-state index in [1.54, 1.807) is 28.6 Å². The number of aryl methyl sites for hydroxylation is 2. The molecule has 1 amide bonds. The number of amides is 1. The van der Waals surface area contributed by atoms with E-state index in [0.29, 0.717) is 36.0 Å². The highest BCUT2D eigenvalue weighted by Gasteiger charge is 2.25. The third-order valence-electron chi connectivity index (χ3n) is 5.22. The van der Waals surface area contributed by atoms with E-state index in [9.17, 15) is 13.2 Å². The van der Waals surface area contributed by atoms with Gasteiger partial charge in [0.2, 0.25) is 21.1 Å². The number of unbranched alkanes of at least 4 members (excludes halogenated alkanes) is 2. The van der Waals surface area contributed by atoms with Gasteiger partial charge in [0.1, 0.15) is 5.01 Å². The first-order valence-electron chi connectivity index (χ1n) is 10.7. The van der Waals surface area contributed by atoms with Crippen LogP contribution in [0.3, 0.4) is 0 Å². The van der Waals surface area contributed by atoms with Gasteiger partial charge in [-0.25, -0.2) is 8.42 Å². The van der Waals surface area contributed by atoms with Crippen LogP contribution in [-0.2, 0) is 27.7 Å². The van der Waals surface area contributed by atoms with Crippen molar-refractivity contribution in [3.8, 4) is 0 Å². The van der Waals surface area contributed by atoms with Crippen LogP contribution in [0.1, 0.15) is 62.4 Å². The zero-order valence-electron chi connectivity index (χ0n) is 17.5. The van der Waals surface area contributed by atoms with Crippen molar-refractivity contribution in [2.45, 2.75) is 69.6 Å². The lowest BCUT2D eigenvalue weighted by Gasteiger charge is -2.25. The fourth-order valence-corrected chi connectivity index (χ4v) is 5.77. The van der Waals surface area contributed by atoms with E-state index in [4.69, 9.17) is 0 Å². The molecular formula is C21H30N4O3S2. The molecule has 0 bridgehead atoms. The van der Waals surface area contributed by atoms with Gasteiger partial charge in [0.15, 0.2) is 0 Å². The summed E-state index contributed by atoms with van der Waals surface area (Å²) < 4.78 is 27.0. The van der Waals surface area contributed by atoms with Crippen LogP contribution in [0.2, 0.25) is 0 Å². The van der Waals surface area contributed by atoms with E-state index < -0.39 is 10.0 Å². The quantitative estimate of drug-likeness (QED) is 0.552. The van der Waals surface area contributed by atoms with Crippen LogP contribution in [0.25, 0.3) is 0 Å². The fraction of sp³-hybridized carbons (Fsp3) is 0.571. The standard InChI is InChI=1S/C21H30N4O3S2/c1-2-3-5-8-20-23-24-21(29-20)22-19(26)14-11-17-9-12-18(13-10-17)30(27,28)25-15-6-4-7-16-25/h9-10,12-13H,2-8,11,14-16H2,1H3,(H,22,24,26). The molecule has 30 heavy (non-hydrogen) atoms. The molecule has 1 aliphatic heterocycles. The summed E-state index contributed by atoms with van der Waals surface area (Å²) in [6.07, 6.45) is 8.08. The van der Waals surface area contributed by atoms with Gasteiger partial charge in [0, 0.05) is 25.9 Å². The molecule has 0 saturated carbocycles. The molecule has 2 heterocycles. The molecule has 0 atom stereocenters. The Hall–Kier alpha value is -1.84. The van der Waals surface area contributed by atoms with Gasteiger partial charge in [-0.1, -0.05) is 49.7 Å². The van der Waals surface area contributed by atoms with E-state index in [2.05, 4.69) is 22.4 Å². The van der Waals surface area contributed by atoms with Crippen molar-refractivity contribution in [1.29, 1.82) is 0 Å². The van der Waals surface area contributed by atoms with Crippen LogP contribution in [0.4, 0.5) is 5.13 Å². The first-order chi connectivity index (χ1) is 14.5. The van der Waals surface area contributed by atoms with E-state index in [1.165, 1.54) is 17.8 Å². The zero-order valence-corrected chi connectivity index (χ0v) is 19.1. The molecule has 1 fully saturated rings. The Balaban J connectivity index is 1.48. The Morgan fingerprint density at radius 3 is 2.50 bits per heavy atom. The first-order valence-corrected chi connectivity index (χ1v) is 13.0. The number of anilines is 1. The van der Waals surface area contributed by atoms with Gasteiger partial charge >= 0.3 is 0 Å². The summed E-state index contributed by atoms with van der Waals surface area (Å²) in [5.41, 5.74) is 0.931. The van der Waals surface area contributed by atoms with Crippen molar-refractivity contribution in [2.24, 2.45) is 0 Å². The third kappa shape index (κ3) is 6.33. The number of hydrogen-bond acceptors (Lipinski definition) is 6. The number of carbonyl (C=O) groups excluding carboxylic acids is 1. The van der Waals surface area contributed by atoms with E-state index in [0.717, 1.165) is 49.1 Å². The minimum absolute atomic E-state index is 0.115. The maximum absolute atomic E-state index is 12.7. The minimum atomic E-state index is -3.42. The number of rotatable bonds is 10. The average Bonchev–Trinajstić information content (AvgIpc) is 3.20. The third-order valence-corrected chi connectivity index (χ3v) is 8.04. The van der Waals surface area contributed by atoms with Gasteiger partial charge in [0.25, 0.3) is 0 Å². The molecule has 9 heteroatoms. The average molecular weight is 451 g/mol. The summed E-state index contributed by atoms with van der Waals surface area (Å²) in [7, 11) is -3.42. The number of nitrogens with zero attached hydrogens (tertiary/aromatic N) is 3. The van der Waals surface area contributed by atoms with Gasteiger partial charge in [-0.2, -0.15) is 4.31 Å². The van der Waals surface area contributed by atoms with Gasteiger partial charge in [0.05, 0.1) is 4.90 Å². The number of benzene rings is 1. The molecule has 0 unspecified atom stereocenters. The molecule has 0 radical (unpaired) electrons. The highest BCUT2D eigenvalue weighted by atomic mass is 32.2. The normalized spacial score (nSPS) is 15.2. The predicted octanol–water partition coefficient (Wildman–Crippen LogP) is 4.02. The van der Waals surface area contributed by atoms with Crippen molar-refractivity contribution in [3.63, 3.8) is 0 Å². The molecule has 0 spiro atoms. The van der Waals surface area contributed by atoms with Crippen LogP contribution in [0.15, 0.2) is 29.2 Å². The first kappa shape index (κ1) is 22.8. The molecule has 164 valence electrons. The van der Waals surface area contributed by atoms with E-state index in [-0.39, 0.29) is 5.91 Å². The van der Waals surface area contributed by atoms with Crippen LogP contribution in [-0.4, -0.2) is 41.9 Å². The largest absolute Gasteiger partial charge is 0.301 e. The van der Waals surface area contributed by atoms with Gasteiger partial charge < -0.3 is 5.32 Å². The van der Waals surface area contributed by atoms with Crippen molar-refractivity contribution < 1.29 is 13.2 Å². The molecule has 0 aliphatic carbocycles. The Morgan fingerprint density at radius 1 is 1.07 bits per heavy atom. The SMILES string of the molecule is CCCCCc1nnc(NC(=O)CCc2ccc(S(=O)(=O)N3CCCCC3)cc2)s1. The number of nitrogens with one attached hydrogen (secondary N) is 1. The summed E-state index contributed by atoms with van der Waals surface area (Å²) in [6, 6.07) is 6.87. The number of sulfonamides is 1. The Morgan fingerprint density at radius 2 is 1.80 bits per heavy atom. The van der Waals surface area contributed by atoms with Crippen molar-refractivity contribution in [1.82, 2.24) is 14.5 Å². The monoisotopic (exact) mass is 450 g/mol. The fourth-order valence-electron chi connectivity index (χ4n) is 3.45. The highest BCUT2D eigenvalue weighted by Crippen LogP contribution is 2.21. The molecular weight excluding hydrogens is 420 g/mol. The number of aromatic nitrogens is 2. The Bertz CT molecular complexity index is 920. The highest BCUT2D eigenvalue weighted by molar-refractivity contribution is 7.89. The summed E-state index contributed by atoms with van der Waals surface area (Å²) in [5, 5.41) is 12.5. The minimum Gasteiger partial charge on any atom is -0.301 e. The summed E-state index contributed by atoms with van der Waals surface area (Å²) in [5.74, 6) is -0.115. The molecule has 1 aromatic carbocycles. The zero-order chi connectivity index (χ0) is 21.4. The lowest BCUT2D eigenvalue weighted by Crippen LogP contribution is -2.35. The predicted molar refractivity (Wildman–Crippen MR) is 119 cm³/mol. The second-order valence-electron chi connectivity index (χ2n) is 7.61. The summed E-state index contributed by atoms with van der Waals surface area (Å²) >= 11 is 1.43. The van der Waals surface area contributed by atoms with E-state index in [1.807, 2.05) is 0 Å². The lowest BCUT2D eigenvalue weighted by atomic mass is 10.1. The van der Waals surface area contributed by atoms with Crippen molar-refractivity contribution >= 4 is 32.4 Å². The maximum atomic E-state index is 12.7. The number of hydrogen-bond donors (Lipinski definition) is 1. The number of piperidine rings is 1. The van der Waals surface area contributed by atoms with Gasteiger partial charge in [-0.15, -0.1) is 10.2 Å². The van der Waals surface area contributed by atoms with Crippen LogP contribution in [0, 0.1) is 0 Å². The summed E-state index contributed by atoms with van der Waals surface area (Å²) in [6.45, 7) is 3.35. The summed E-state index contributed by atoms with van der Waals surface area (Å²) in [4.78, 5) is 12.5. The van der Waals surface area contributed by atoms with Crippen LogP contribution >= 0.6 is 11.3 Å². The molecule has 2 aromatic rings. The van der Waals surface area contributed by atoms with Crippen molar-refractivity contribution in [3.05, 3.63) is 34.8 Å². The second-order valence-corrected chi connectivity index (χ2v) is 10.6. The van der Waals surface area contributed by atoms with Crippen LogP contribution < -0.4 is 5.32 Å². The Labute approximate surface area is 183 Å². The molecule has 3 rings (SSSR count). The molecule has 1 aromatic heterocycles. The topological polar surface area (TPSA) is 92.3 Å². The molecule has 1 saturated heterocycles. The maximum Gasteiger partial charge on any atom is 0.243 e. The van der Waals surface area contributed by atoms with Crippen molar-refractivity contribution in [2.75, 3.05) is 18.4 Å². The molecule has 7 nitrogen and oxygen atoms in total. The van der Waals surface area contributed by atoms with Crippen LogP contribution in [0.5, 0.6) is 0 Å². The van der Waals surface area contributed by atoms with E-state index >= 15 is 0 Å². The Kier molecular flexibility index (Phi) is 8.35. The smallest absolute Gasteiger partial charge is 0.243 e. The van der Waals surface area contributed by atoms with Gasteiger partial charge in [-0.3, -0.25) is 4.79 Å².